The number of benzene rings is 1. The van der Waals surface area contributed by atoms with Crippen molar-refractivity contribution < 1.29 is 14.0 Å². The Morgan fingerprint density at radius 1 is 1.03 bits per heavy atom. The molecule has 1 fully saturated rings. The summed E-state index contributed by atoms with van der Waals surface area (Å²) >= 11 is 0. The van der Waals surface area contributed by atoms with Crippen molar-refractivity contribution in [1.82, 2.24) is 14.8 Å². The highest BCUT2D eigenvalue weighted by Crippen LogP contribution is 2.34. The monoisotopic (exact) mass is 473 g/mol. The van der Waals surface area contributed by atoms with Gasteiger partial charge in [-0.1, -0.05) is 49.9 Å². The molecule has 6 nitrogen and oxygen atoms in total. The van der Waals surface area contributed by atoms with Gasteiger partial charge in [-0.15, -0.1) is 0 Å². The quantitative estimate of drug-likeness (QED) is 0.491. The number of carbonyl (C=O) groups is 2. The van der Waals surface area contributed by atoms with E-state index in [4.69, 9.17) is 4.42 Å². The van der Waals surface area contributed by atoms with Gasteiger partial charge in [0.2, 0.25) is 5.91 Å². The fourth-order valence-electron chi connectivity index (χ4n) is 5.65. The number of hydrogen-bond acceptors (Lipinski definition) is 3. The highest BCUT2D eigenvalue weighted by Gasteiger charge is 2.48. The zero-order valence-corrected chi connectivity index (χ0v) is 20.8. The zero-order chi connectivity index (χ0) is 24.4. The molecular weight excluding hydrogens is 438 g/mol. The molecule has 35 heavy (non-hydrogen) atoms. The smallest absolute Gasteiger partial charge is 0.271 e. The van der Waals surface area contributed by atoms with Crippen LogP contribution < -0.4 is 5.32 Å². The zero-order valence-electron chi connectivity index (χ0n) is 20.8. The third kappa shape index (κ3) is 4.54. The van der Waals surface area contributed by atoms with Crippen LogP contribution >= 0.6 is 0 Å². The van der Waals surface area contributed by atoms with Gasteiger partial charge < -0.3 is 19.2 Å². The van der Waals surface area contributed by atoms with Gasteiger partial charge in [-0.3, -0.25) is 9.59 Å². The fraction of sp³-hybridized carbons (Fsp3) is 0.448. The van der Waals surface area contributed by atoms with Gasteiger partial charge in [0.15, 0.2) is 0 Å². The van der Waals surface area contributed by atoms with E-state index in [1.807, 2.05) is 47.9 Å². The molecule has 6 heteroatoms. The molecule has 2 amide bonds. The Bertz CT molecular complexity index is 1190. The van der Waals surface area contributed by atoms with Crippen molar-refractivity contribution in [2.75, 3.05) is 6.54 Å². The third-order valence-electron chi connectivity index (χ3n) is 7.83. The minimum absolute atomic E-state index is 0.0627. The lowest BCUT2D eigenvalue weighted by molar-refractivity contribution is -0.133. The predicted octanol–water partition coefficient (Wildman–Crippen LogP) is 5.35. The maximum atomic E-state index is 13.9. The van der Waals surface area contributed by atoms with Crippen LogP contribution in [0.5, 0.6) is 0 Å². The number of aromatic nitrogens is 1. The minimum atomic E-state index is -1.00. The maximum absolute atomic E-state index is 13.9. The van der Waals surface area contributed by atoms with Gasteiger partial charge in [0.1, 0.15) is 17.0 Å². The number of aryl methyl sites for hydroxylation is 1. The summed E-state index contributed by atoms with van der Waals surface area (Å²) in [6, 6.07) is 15.9. The number of amides is 2. The summed E-state index contributed by atoms with van der Waals surface area (Å²) in [5.41, 5.74) is 2.82. The fourth-order valence-corrected chi connectivity index (χ4v) is 5.65. The van der Waals surface area contributed by atoms with Crippen LogP contribution in [0, 0.1) is 6.92 Å². The van der Waals surface area contributed by atoms with Crippen LogP contribution in [0.3, 0.4) is 0 Å². The molecule has 0 saturated heterocycles. The molecule has 1 N–H and O–H groups in total. The summed E-state index contributed by atoms with van der Waals surface area (Å²) in [6.45, 7) is 4.89. The Balaban J connectivity index is 1.48. The summed E-state index contributed by atoms with van der Waals surface area (Å²) in [4.78, 5) is 29.6. The van der Waals surface area contributed by atoms with E-state index in [1.54, 1.807) is 11.2 Å². The van der Waals surface area contributed by atoms with Crippen molar-refractivity contribution in [3.05, 3.63) is 71.6 Å². The molecule has 0 bridgehead atoms. The summed E-state index contributed by atoms with van der Waals surface area (Å²) < 4.78 is 7.60. The number of rotatable bonds is 6. The molecule has 1 aliphatic carbocycles. The number of nitrogens with zero attached hydrogens (tertiary/aromatic N) is 2. The van der Waals surface area contributed by atoms with Gasteiger partial charge in [0.25, 0.3) is 5.91 Å². The molecule has 1 atom stereocenters. The number of carbonyl (C=O) groups excluding carboxylic acids is 2. The second kappa shape index (κ2) is 9.76. The molecule has 2 aromatic heterocycles. The van der Waals surface area contributed by atoms with Crippen molar-refractivity contribution in [2.45, 2.75) is 76.9 Å². The lowest BCUT2D eigenvalue weighted by Gasteiger charge is -2.45. The van der Waals surface area contributed by atoms with E-state index in [2.05, 4.69) is 24.4 Å². The molecule has 3 heterocycles. The topological polar surface area (TPSA) is 67.5 Å². The molecule has 0 spiro atoms. The Kier molecular flexibility index (Phi) is 6.54. The van der Waals surface area contributed by atoms with Crippen LogP contribution in [-0.4, -0.2) is 39.4 Å². The van der Waals surface area contributed by atoms with E-state index >= 15 is 0 Å². The van der Waals surface area contributed by atoms with Crippen LogP contribution in [0.15, 0.2) is 59.2 Å². The maximum Gasteiger partial charge on any atom is 0.271 e. The van der Waals surface area contributed by atoms with E-state index in [-0.39, 0.29) is 17.9 Å². The molecular formula is C29H35N3O3. The van der Waals surface area contributed by atoms with Crippen molar-refractivity contribution in [3.63, 3.8) is 0 Å². The third-order valence-corrected chi connectivity index (χ3v) is 7.83. The summed E-state index contributed by atoms with van der Waals surface area (Å²) in [5.74, 6) is 0.525. The van der Waals surface area contributed by atoms with Crippen molar-refractivity contribution in [2.24, 2.45) is 0 Å². The van der Waals surface area contributed by atoms with Crippen molar-refractivity contribution in [1.29, 1.82) is 0 Å². The first-order valence-electron chi connectivity index (χ1n) is 12.9. The minimum Gasteiger partial charge on any atom is -0.463 e. The van der Waals surface area contributed by atoms with Crippen LogP contribution in [0.2, 0.25) is 0 Å². The molecule has 3 aromatic rings. The van der Waals surface area contributed by atoms with Crippen LogP contribution in [0.4, 0.5) is 0 Å². The average Bonchev–Trinajstić information content (AvgIpc) is 3.45. The first-order chi connectivity index (χ1) is 17.0. The molecule has 1 saturated carbocycles. The predicted molar refractivity (Wildman–Crippen MR) is 136 cm³/mol. The number of hydrogen-bond donors (Lipinski definition) is 1. The second-order valence-electron chi connectivity index (χ2n) is 10.2. The van der Waals surface area contributed by atoms with Gasteiger partial charge in [0, 0.05) is 12.6 Å². The molecule has 184 valence electrons. The highest BCUT2D eigenvalue weighted by molar-refractivity contribution is 6.00. The van der Waals surface area contributed by atoms with Crippen LogP contribution in [0.1, 0.15) is 67.1 Å². The standard InChI is InChI=1S/C29H35N3O3/c1-21-10-7-8-11-22(21)17-18-32-27(33)25-16-15-24(26-14-9-19-35-26)31(25)20-29(32,2)28(34)30-23-12-5-3-4-6-13-23/h7-11,14-16,19,23H,3-6,12-13,17-18,20H2,1-2H3,(H,30,34). The van der Waals surface area contributed by atoms with Crippen molar-refractivity contribution >= 4 is 11.8 Å². The van der Waals surface area contributed by atoms with E-state index < -0.39 is 5.54 Å². The van der Waals surface area contributed by atoms with E-state index in [0.717, 1.165) is 31.4 Å². The molecule has 2 aliphatic rings. The van der Waals surface area contributed by atoms with Gasteiger partial charge >= 0.3 is 0 Å². The van der Waals surface area contributed by atoms with Crippen molar-refractivity contribution in [3.8, 4) is 11.5 Å². The summed E-state index contributed by atoms with van der Waals surface area (Å²) in [5, 5.41) is 3.34. The molecule has 0 radical (unpaired) electrons. The van der Waals surface area contributed by atoms with Gasteiger partial charge in [-0.05, 0) is 68.5 Å². The Hall–Kier alpha value is -3.28. The Morgan fingerprint density at radius 3 is 2.49 bits per heavy atom. The summed E-state index contributed by atoms with van der Waals surface area (Å²) in [7, 11) is 0. The number of nitrogens with one attached hydrogen (secondary N) is 1. The molecule has 1 aliphatic heterocycles. The SMILES string of the molecule is Cc1ccccc1CCN1C(=O)c2ccc(-c3ccco3)n2CC1(C)C(=O)NC1CCCCCC1. The highest BCUT2D eigenvalue weighted by atomic mass is 16.3. The average molecular weight is 474 g/mol. The number of fused-ring (bicyclic) bond motifs is 1. The number of furan rings is 1. The second-order valence-corrected chi connectivity index (χ2v) is 10.2. The van der Waals surface area contributed by atoms with E-state index in [0.29, 0.717) is 31.0 Å². The molecule has 1 unspecified atom stereocenters. The van der Waals surface area contributed by atoms with Gasteiger partial charge in [0.05, 0.1) is 18.5 Å². The van der Waals surface area contributed by atoms with E-state index in [9.17, 15) is 9.59 Å². The van der Waals surface area contributed by atoms with Crippen LogP contribution in [0.25, 0.3) is 11.5 Å². The lowest BCUT2D eigenvalue weighted by atomic mass is 9.92. The lowest BCUT2D eigenvalue weighted by Crippen LogP contribution is -2.65. The first kappa shape index (κ1) is 23.5. The summed E-state index contributed by atoms with van der Waals surface area (Å²) in [6.07, 6.45) is 9.08. The normalized spacial score (nSPS) is 21.0. The van der Waals surface area contributed by atoms with Crippen LogP contribution in [-0.2, 0) is 17.8 Å². The van der Waals surface area contributed by atoms with Gasteiger partial charge in [-0.2, -0.15) is 0 Å². The Morgan fingerprint density at radius 2 is 1.77 bits per heavy atom. The van der Waals surface area contributed by atoms with E-state index in [1.165, 1.54) is 24.0 Å². The molecule has 5 rings (SSSR count). The first-order valence-corrected chi connectivity index (χ1v) is 12.9. The Labute approximate surface area is 207 Å². The van der Waals surface area contributed by atoms with Gasteiger partial charge in [-0.25, -0.2) is 0 Å². The molecule has 1 aromatic carbocycles. The largest absolute Gasteiger partial charge is 0.463 e.